The molecule has 0 saturated carbocycles. The Morgan fingerprint density at radius 3 is 2.45 bits per heavy atom. The number of carbonyl (C=O) groups excluding carboxylic acids is 2. The van der Waals surface area contributed by atoms with Gasteiger partial charge in [0.2, 0.25) is 5.91 Å². The number of carboxylic acid groups (broad SMARTS) is 1. The number of fused-ring (bicyclic) bond motifs is 2. The fourth-order valence-corrected chi connectivity index (χ4v) is 3.65. The van der Waals surface area contributed by atoms with Gasteiger partial charge < -0.3 is 29.4 Å². The van der Waals surface area contributed by atoms with Crippen molar-refractivity contribution in [2.75, 3.05) is 26.3 Å². The number of imidazole rings is 1. The molecule has 1 spiro atoms. The van der Waals surface area contributed by atoms with Gasteiger partial charge in [-0.2, -0.15) is 13.2 Å². The average Bonchev–Trinajstić information content (AvgIpc) is 3.21. The molecule has 0 aliphatic carbocycles. The summed E-state index contributed by atoms with van der Waals surface area (Å²) in [6.07, 6.45) is -0.761. The summed E-state index contributed by atoms with van der Waals surface area (Å²) >= 11 is 0. The van der Waals surface area contributed by atoms with Gasteiger partial charge in [0, 0.05) is 51.0 Å². The first-order chi connectivity index (χ1) is 15.4. The van der Waals surface area contributed by atoms with Crippen LogP contribution in [-0.4, -0.2) is 82.0 Å². The van der Waals surface area contributed by atoms with Crippen LogP contribution in [0.4, 0.5) is 13.2 Å². The summed E-state index contributed by atoms with van der Waals surface area (Å²) < 4.78 is 45.3. The van der Waals surface area contributed by atoms with E-state index < -0.39 is 23.9 Å². The normalized spacial score (nSPS) is 19.5. The number of piperidine rings is 1. The monoisotopic (exact) mass is 478 g/mol. The standard InChI is InChI=1S/C18H28N4O4.C2HF3O2/c1-4-25-12-15(23)21-8-5-18(6-9-21)17-19-7-10-22(17)11-14(26-18)16(24)20-13(2)3;3-2(4,5)1(6)7/h7,10,13-14H,4-6,8-9,11-12H2,1-3H3,(H,20,24);(H,6,7). The van der Waals surface area contributed by atoms with Crippen LogP contribution in [0.2, 0.25) is 0 Å². The summed E-state index contributed by atoms with van der Waals surface area (Å²) in [7, 11) is 0. The molecule has 33 heavy (non-hydrogen) atoms. The minimum atomic E-state index is -5.08. The van der Waals surface area contributed by atoms with Crippen molar-refractivity contribution >= 4 is 17.8 Å². The molecule has 2 N–H and O–H groups in total. The number of nitrogens with zero attached hydrogens (tertiary/aromatic N) is 3. The van der Waals surface area contributed by atoms with Gasteiger partial charge in [-0.1, -0.05) is 0 Å². The molecular formula is C20H29F3N4O6. The molecule has 1 atom stereocenters. The highest BCUT2D eigenvalue weighted by molar-refractivity contribution is 5.81. The Morgan fingerprint density at radius 2 is 1.94 bits per heavy atom. The zero-order valence-corrected chi connectivity index (χ0v) is 18.7. The first-order valence-electron chi connectivity index (χ1n) is 10.5. The maximum atomic E-state index is 12.5. The van der Waals surface area contributed by atoms with Crippen molar-refractivity contribution in [1.29, 1.82) is 0 Å². The number of rotatable bonds is 5. The third kappa shape index (κ3) is 6.90. The maximum absolute atomic E-state index is 12.5. The highest BCUT2D eigenvalue weighted by Gasteiger charge is 2.47. The van der Waals surface area contributed by atoms with Gasteiger partial charge in [0.1, 0.15) is 18.0 Å². The number of carbonyl (C=O) groups is 3. The Morgan fingerprint density at radius 1 is 1.33 bits per heavy atom. The van der Waals surface area contributed by atoms with Crippen LogP contribution in [0.15, 0.2) is 12.4 Å². The number of aliphatic carboxylic acids is 1. The molecule has 186 valence electrons. The van der Waals surface area contributed by atoms with Crippen LogP contribution in [0.5, 0.6) is 0 Å². The van der Waals surface area contributed by atoms with Gasteiger partial charge in [-0.25, -0.2) is 9.78 Å². The fraction of sp³-hybridized carbons (Fsp3) is 0.700. The van der Waals surface area contributed by atoms with Crippen LogP contribution < -0.4 is 5.32 Å². The number of alkyl halides is 3. The van der Waals surface area contributed by atoms with Crippen molar-refractivity contribution in [3.05, 3.63) is 18.2 Å². The molecule has 1 aromatic rings. The quantitative estimate of drug-likeness (QED) is 0.654. The molecule has 3 heterocycles. The van der Waals surface area contributed by atoms with Crippen molar-refractivity contribution in [2.24, 2.45) is 0 Å². The van der Waals surface area contributed by atoms with Gasteiger partial charge in [0.05, 0.1) is 6.54 Å². The smallest absolute Gasteiger partial charge is 0.475 e. The second kappa shape index (κ2) is 11.0. The SMILES string of the molecule is CCOCC(=O)N1CCC2(CC1)OC(C(=O)NC(C)C)Cn1ccnc12.O=C(O)C(F)(F)F. The molecular weight excluding hydrogens is 449 g/mol. The summed E-state index contributed by atoms with van der Waals surface area (Å²) in [6.45, 7) is 7.96. The van der Waals surface area contributed by atoms with Crippen LogP contribution >= 0.6 is 0 Å². The Hall–Kier alpha value is -2.67. The number of ether oxygens (including phenoxy) is 2. The maximum Gasteiger partial charge on any atom is 0.490 e. The third-order valence-corrected chi connectivity index (χ3v) is 5.17. The number of hydrogen-bond acceptors (Lipinski definition) is 6. The van der Waals surface area contributed by atoms with E-state index >= 15 is 0 Å². The average molecular weight is 478 g/mol. The number of nitrogens with one attached hydrogen (secondary N) is 1. The molecule has 0 aromatic carbocycles. The first-order valence-corrected chi connectivity index (χ1v) is 10.5. The van der Waals surface area contributed by atoms with Crippen molar-refractivity contribution in [3.63, 3.8) is 0 Å². The lowest BCUT2D eigenvalue weighted by Crippen LogP contribution is -2.55. The highest BCUT2D eigenvalue weighted by atomic mass is 19.4. The Labute approximate surface area is 189 Å². The van der Waals surface area contributed by atoms with E-state index in [9.17, 15) is 22.8 Å². The molecule has 2 amide bonds. The summed E-state index contributed by atoms with van der Waals surface area (Å²) in [5, 5.41) is 10.1. The number of amides is 2. The summed E-state index contributed by atoms with van der Waals surface area (Å²) in [5.41, 5.74) is -0.622. The largest absolute Gasteiger partial charge is 0.490 e. The third-order valence-electron chi connectivity index (χ3n) is 5.17. The van der Waals surface area contributed by atoms with Gasteiger partial charge in [0.15, 0.2) is 6.10 Å². The minimum Gasteiger partial charge on any atom is -0.475 e. The molecule has 1 saturated heterocycles. The lowest BCUT2D eigenvalue weighted by Gasteiger charge is -2.45. The van der Waals surface area contributed by atoms with Crippen LogP contribution in [0, 0.1) is 0 Å². The zero-order valence-electron chi connectivity index (χ0n) is 18.7. The second-order valence-electron chi connectivity index (χ2n) is 7.99. The van der Waals surface area contributed by atoms with E-state index in [1.54, 1.807) is 11.1 Å². The molecule has 2 aliphatic rings. The van der Waals surface area contributed by atoms with E-state index in [1.165, 1.54) is 0 Å². The van der Waals surface area contributed by atoms with Crippen molar-refractivity contribution in [3.8, 4) is 0 Å². The predicted octanol–water partition coefficient (Wildman–Crippen LogP) is 1.29. The van der Waals surface area contributed by atoms with Crippen LogP contribution in [0.1, 0.15) is 39.4 Å². The Balaban J connectivity index is 0.000000479. The lowest BCUT2D eigenvalue weighted by atomic mass is 9.88. The lowest BCUT2D eigenvalue weighted by molar-refractivity contribution is -0.192. The predicted molar refractivity (Wildman–Crippen MR) is 108 cm³/mol. The number of carboxylic acids is 1. The van der Waals surface area contributed by atoms with Gasteiger partial charge >= 0.3 is 12.1 Å². The van der Waals surface area contributed by atoms with Gasteiger partial charge in [-0.3, -0.25) is 9.59 Å². The van der Waals surface area contributed by atoms with E-state index in [-0.39, 0.29) is 24.5 Å². The molecule has 10 nitrogen and oxygen atoms in total. The number of halogens is 3. The minimum absolute atomic E-state index is 0.00467. The van der Waals surface area contributed by atoms with E-state index in [1.807, 2.05) is 31.5 Å². The highest BCUT2D eigenvalue weighted by Crippen LogP contribution is 2.40. The first kappa shape index (κ1) is 26.6. The van der Waals surface area contributed by atoms with Crippen LogP contribution in [0.25, 0.3) is 0 Å². The van der Waals surface area contributed by atoms with Crippen molar-refractivity contribution < 1.29 is 42.1 Å². The van der Waals surface area contributed by atoms with Gasteiger partial charge in [-0.05, 0) is 20.8 Å². The van der Waals surface area contributed by atoms with Crippen molar-refractivity contribution in [2.45, 2.75) is 64.1 Å². The Bertz CT molecular complexity index is 834. The second-order valence-corrected chi connectivity index (χ2v) is 7.99. The molecule has 13 heteroatoms. The van der Waals surface area contributed by atoms with Crippen LogP contribution in [0.3, 0.4) is 0 Å². The summed E-state index contributed by atoms with van der Waals surface area (Å²) in [5.74, 6) is -2.01. The van der Waals surface area contributed by atoms with E-state index in [4.69, 9.17) is 19.4 Å². The van der Waals surface area contributed by atoms with Crippen molar-refractivity contribution in [1.82, 2.24) is 19.8 Å². The van der Waals surface area contributed by atoms with Gasteiger partial charge in [-0.15, -0.1) is 0 Å². The molecule has 1 unspecified atom stereocenters. The molecule has 3 rings (SSSR count). The Kier molecular flexibility index (Phi) is 8.83. The van der Waals surface area contributed by atoms with E-state index in [0.29, 0.717) is 39.1 Å². The van der Waals surface area contributed by atoms with Gasteiger partial charge in [0.25, 0.3) is 5.91 Å². The molecule has 0 bridgehead atoms. The summed E-state index contributed by atoms with van der Waals surface area (Å²) in [6, 6.07) is 0.0595. The summed E-state index contributed by atoms with van der Waals surface area (Å²) in [4.78, 5) is 39.9. The van der Waals surface area contributed by atoms with E-state index in [2.05, 4.69) is 10.3 Å². The van der Waals surface area contributed by atoms with E-state index in [0.717, 1.165) is 5.82 Å². The number of aromatic nitrogens is 2. The molecule has 1 aromatic heterocycles. The topological polar surface area (TPSA) is 123 Å². The number of hydrogen-bond donors (Lipinski definition) is 2. The molecule has 1 fully saturated rings. The van der Waals surface area contributed by atoms with Crippen LogP contribution in [-0.2, 0) is 36.0 Å². The molecule has 0 radical (unpaired) electrons. The number of likely N-dealkylation sites (tertiary alicyclic amines) is 1. The molecule has 2 aliphatic heterocycles. The fourth-order valence-electron chi connectivity index (χ4n) is 3.65. The zero-order chi connectivity index (χ0) is 24.8.